The van der Waals surface area contributed by atoms with Gasteiger partial charge in [-0.2, -0.15) is 0 Å². The van der Waals surface area contributed by atoms with Crippen molar-refractivity contribution >= 4 is 11.7 Å². The average Bonchev–Trinajstić information content (AvgIpc) is 2.41. The first-order valence-electron chi connectivity index (χ1n) is 7.31. The van der Waals surface area contributed by atoms with Crippen LogP contribution in [0.15, 0.2) is 12.1 Å². The van der Waals surface area contributed by atoms with E-state index >= 15 is 0 Å². The van der Waals surface area contributed by atoms with Gasteiger partial charge in [0.05, 0.1) is 12.1 Å². The van der Waals surface area contributed by atoms with Crippen LogP contribution >= 0.6 is 0 Å². The van der Waals surface area contributed by atoms with Gasteiger partial charge in [-0.05, 0) is 38.8 Å². The van der Waals surface area contributed by atoms with Crippen molar-refractivity contribution in [2.24, 2.45) is 0 Å². The average molecular weight is 277 g/mol. The van der Waals surface area contributed by atoms with E-state index in [9.17, 15) is 9.90 Å². The molecular formula is C15H23N3O2. The Morgan fingerprint density at radius 1 is 1.40 bits per heavy atom. The van der Waals surface area contributed by atoms with Crippen LogP contribution in [-0.2, 0) is 0 Å². The van der Waals surface area contributed by atoms with Gasteiger partial charge < -0.3 is 15.7 Å². The summed E-state index contributed by atoms with van der Waals surface area (Å²) in [7, 11) is 0. The van der Waals surface area contributed by atoms with Crippen LogP contribution in [-0.4, -0.2) is 34.7 Å². The highest BCUT2D eigenvalue weighted by atomic mass is 16.3. The number of aliphatic hydroxyl groups excluding tert-OH is 1. The second-order valence-electron chi connectivity index (χ2n) is 5.34. The Bertz CT molecular complexity index is 476. The number of carbonyl (C=O) groups is 1. The van der Waals surface area contributed by atoms with Crippen LogP contribution < -0.4 is 10.6 Å². The molecule has 0 bridgehead atoms. The number of aromatic nitrogens is 1. The number of hydrogen-bond donors (Lipinski definition) is 3. The lowest BCUT2D eigenvalue weighted by atomic mass is 9.92. The molecule has 1 aromatic rings. The van der Waals surface area contributed by atoms with Gasteiger partial charge in [0.1, 0.15) is 5.82 Å². The van der Waals surface area contributed by atoms with E-state index < -0.39 is 6.10 Å². The summed E-state index contributed by atoms with van der Waals surface area (Å²) in [6, 6.07) is 3.39. The van der Waals surface area contributed by atoms with Gasteiger partial charge in [-0.15, -0.1) is 0 Å². The molecule has 0 saturated heterocycles. The summed E-state index contributed by atoms with van der Waals surface area (Å²) in [4.78, 5) is 16.6. The third kappa shape index (κ3) is 3.70. The predicted molar refractivity (Wildman–Crippen MR) is 78.9 cm³/mol. The van der Waals surface area contributed by atoms with Crippen LogP contribution in [0.2, 0.25) is 0 Å². The van der Waals surface area contributed by atoms with E-state index in [4.69, 9.17) is 0 Å². The number of carbonyl (C=O) groups excluding carboxylic acids is 1. The van der Waals surface area contributed by atoms with E-state index in [1.54, 1.807) is 12.1 Å². The molecule has 1 heterocycles. The van der Waals surface area contributed by atoms with E-state index in [2.05, 4.69) is 15.6 Å². The van der Waals surface area contributed by atoms with Crippen molar-refractivity contribution in [1.29, 1.82) is 0 Å². The molecule has 1 aliphatic carbocycles. The number of aliphatic hydroxyl groups is 1. The number of amides is 1. The van der Waals surface area contributed by atoms with Crippen molar-refractivity contribution in [3.05, 3.63) is 23.4 Å². The SMILES string of the molecule is CCNc1cc(C(=O)NC2CCCCC2O)cc(C)n1. The Kier molecular flexibility index (Phi) is 4.95. The van der Waals surface area contributed by atoms with Crippen molar-refractivity contribution < 1.29 is 9.90 Å². The number of rotatable bonds is 4. The van der Waals surface area contributed by atoms with Crippen molar-refractivity contribution in [1.82, 2.24) is 10.3 Å². The molecule has 0 aliphatic heterocycles. The molecule has 3 N–H and O–H groups in total. The maximum absolute atomic E-state index is 12.3. The maximum atomic E-state index is 12.3. The van der Waals surface area contributed by atoms with Crippen LogP contribution in [0.1, 0.15) is 48.7 Å². The first kappa shape index (κ1) is 14.8. The zero-order valence-electron chi connectivity index (χ0n) is 12.1. The van der Waals surface area contributed by atoms with Crippen LogP contribution in [0.25, 0.3) is 0 Å². The molecule has 0 radical (unpaired) electrons. The lowest BCUT2D eigenvalue weighted by molar-refractivity contribution is 0.0717. The van der Waals surface area contributed by atoms with Crippen molar-refractivity contribution in [2.45, 2.75) is 51.7 Å². The smallest absolute Gasteiger partial charge is 0.251 e. The number of nitrogens with one attached hydrogen (secondary N) is 2. The second kappa shape index (κ2) is 6.70. The summed E-state index contributed by atoms with van der Waals surface area (Å²) in [5, 5.41) is 16.0. The molecule has 20 heavy (non-hydrogen) atoms. The first-order valence-corrected chi connectivity index (χ1v) is 7.31. The van der Waals surface area contributed by atoms with E-state index in [1.807, 2.05) is 13.8 Å². The lowest BCUT2D eigenvalue weighted by Crippen LogP contribution is -2.45. The molecular weight excluding hydrogens is 254 g/mol. The number of aryl methyl sites for hydroxylation is 1. The summed E-state index contributed by atoms with van der Waals surface area (Å²) < 4.78 is 0. The van der Waals surface area contributed by atoms with Gasteiger partial charge in [0, 0.05) is 17.8 Å². The molecule has 2 rings (SSSR count). The van der Waals surface area contributed by atoms with E-state index in [-0.39, 0.29) is 11.9 Å². The summed E-state index contributed by atoms with van der Waals surface area (Å²) in [6.07, 6.45) is 3.27. The molecule has 1 saturated carbocycles. The van der Waals surface area contributed by atoms with Crippen molar-refractivity contribution in [2.75, 3.05) is 11.9 Å². The minimum absolute atomic E-state index is 0.132. The van der Waals surface area contributed by atoms with Gasteiger partial charge in [0.25, 0.3) is 5.91 Å². The Hall–Kier alpha value is -1.62. The zero-order valence-corrected chi connectivity index (χ0v) is 12.1. The molecule has 1 aliphatic rings. The van der Waals surface area contributed by atoms with Gasteiger partial charge >= 0.3 is 0 Å². The lowest BCUT2D eigenvalue weighted by Gasteiger charge is -2.28. The highest BCUT2D eigenvalue weighted by Gasteiger charge is 2.25. The number of anilines is 1. The molecule has 0 spiro atoms. The standard InChI is InChI=1S/C15H23N3O2/c1-3-16-14-9-11(8-10(2)17-14)15(20)18-12-6-4-5-7-13(12)19/h8-9,12-13,19H,3-7H2,1-2H3,(H,16,17)(H,18,20). The van der Waals surface area contributed by atoms with Crippen molar-refractivity contribution in [3.8, 4) is 0 Å². The summed E-state index contributed by atoms with van der Waals surface area (Å²) >= 11 is 0. The number of nitrogens with zero attached hydrogens (tertiary/aromatic N) is 1. The van der Waals surface area contributed by atoms with Gasteiger partial charge in [-0.1, -0.05) is 12.8 Å². The largest absolute Gasteiger partial charge is 0.391 e. The zero-order chi connectivity index (χ0) is 14.5. The fourth-order valence-corrected chi connectivity index (χ4v) is 2.60. The molecule has 1 fully saturated rings. The first-order chi connectivity index (χ1) is 9.60. The Morgan fingerprint density at radius 2 is 2.15 bits per heavy atom. The second-order valence-corrected chi connectivity index (χ2v) is 5.34. The number of pyridine rings is 1. The van der Waals surface area contributed by atoms with Crippen LogP contribution in [0.3, 0.4) is 0 Å². The maximum Gasteiger partial charge on any atom is 0.251 e. The molecule has 2 atom stereocenters. The summed E-state index contributed by atoms with van der Waals surface area (Å²) in [5.41, 5.74) is 1.39. The van der Waals surface area contributed by atoms with Crippen LogP contribution in [0, 0.1) is 6.92 Å². The predicted octanol–water partition coefficient (Wildman–Crippen LogP) is 1.86. The third-order valence-corrected chi connectivity index (χ3v) is 3.62. The molecule has 1 aromatic heterocycles. The van der Waals surface area contributed by atoms with Gasteiger partial charge in [-0.25, -0.2) is 4.98 Å². The van der Waals surface area contributed by atoms with E-state index in [1.165, 1.54) is 0 Å². The normalized spacial score (nSPS) is 22.4. The summed E-state index contributed by atoms with van der Waals surface area (Å²) in [5.74, 6) is 0.572. The quantitative estimate of drug-likeness (QED) is 0.785. The Labute approximate surface area is 119 Å². The highest BCUT2D eigenvalue weighted by Crippen LogP contribution is 2.19. The summed E-state index contributed by atoms with van der Waals surface area (Å²) in [6.45, 7) is 4.62. The molecule has 1 amide bonds. The third-order valence-electron chi connectivity index (χ3n) is 3.62. The van der Waals surface area contributed by atoms with E-state index in [0.717, 1.165) is 37.9 Å². The Balaban J connectivity index is 2.08. The number of hydrogen-bond acceptors (Lipinski definition) is 4. The van der Waals surface area contributed by atoms with Crippen molar-refractivity contribution in [3.63, 3.8) is 0 Å². The minimum Gasteiger partial charge on any atom is -0.391 e. The van der Waals surface area contributed by atoms with Crippen LogP contribution in [0.4, 0.5) is 5.82 Å². The van der Waals surface area contributed by atoms with Gasteiger partial charge in [0.15, 0.2) is 0 Å². The molecule has 2 unspecified atom stereocenters. The van der Waals surface area contributed by atoms with E-state index in [0.29, 0.717) is 11.4 Å². The fraction of sp³-hybridized carbons (Fsp3) is 0.600. The minimum atomic E-state index is -0.427. The molecule has 5 heteroatoms. The van der Waals surface area contributed by atoms with Gasteiger partial charge in [0.2, 0.25) is 0 Å². The highest BCUT2D eigenvalue weighted by molar-refractivity contribution is 5.95. The molecule has 0 aromatic carbocycles. The molecule has 110 valence electrons. The monoisotopic (exact) mass is 277 g/mol. The fourth-order valence-electron chi connectivity index (χ4n) is 2.60. The van der Waals surface area contributed by atoms with Gasteiger partial charge in [-0.3, -0.25) is 4.79 Å². The van der Waals surface area contributed by atoms with Crippen LogP contribution in [0.5, 0.6) is 0 Å². The topological polar surface area (TPSA) is 74.2 Å². The molecule has 5 nitrogen and oxygen atoms in total. The Morgan fingerprint density at radius 3 is 2.85 bits per heavy atom.